The molecular formula is C18H32N4O3. The Morgan fingerprint density at radius 1 is 0.920 bits per heavy atom. The molecular weight excluding hydrogens is 320 g/mol. The Bertz CT molecular complexity index is 466. The number of nitrogens with zero attached hydrogens (tertiary/aromatic N) is 1. The standard InChI is InChI=1S/C18H32N4O3/c1-19-18(21-9-4-11-25-14-13-24-3)22-15-16-5-7-17(8-6-16)20-10-12-23-2/h5-8,20H,4,9-15H2,1-3H3,(H2,19,21,22). The lowest BCUT2D eigenvalue weighted by Crippen LogP contribution is -2.37. The number of hydrogen-bond donors (Lipinski definition) is 3. The molecule has 0 fully saturated rings. The first kappa shape index (κ1) is 21.2. The van der Waals surface area contributed by atoms with Crippen LogP contribution >= 0.6 is 0 Å². The van der Waals surface area contributed by atoms with E-state index in [0.717, 1.165) is 37.7 Å². The minimum Gasteiger partial charge on any atom is -0.383 e. The maximum absolute atomic E-state index is 5.43. The highest BCUT2D eigenvalue weighted by Crippen LogP contribution is 2.08. The van der Waals surface area contributed by atoms with Gasteiger partial charge in [0.25, 0.3) is 0 Å². The Kier molecular flexibility index (Phi) is 12.3. The number of benzene rings is 1. The molecule has 0 radical (unpaired) electrons. The first-order valence-corrected chi connectivity index (χ1v) is 8.63. The van der Waals surface area contributed by atoms with Crippen molar-refractivity contribution in [3.8, 4) is 0 Å². The fourth-order valence-corrected chi connectivity index (χ4v) is 2.07. The molecule has 0 heterocycles. The van der Waals surface area contributed by atoms with Gasteiger partial charge in [-0.2, -0.15) is 0 Å². The lowest BCUT2D eigenvalue weighted by atomic mass is 10.2. The predicted octanol–water partition coefficient (Wildman–Crippen LogP) is 1.46. The molecule has 1 aromatic carbocycles. The first-order chi connectivity index (χ1) is 12.3. The fourth-order valence-electron chi connectivity index (χ4n) is 2.07. The van der Waals surface area contributed by atoms with Gasteiger partial charge >= 0.3 is 0 Å². The van der Waals surface area contributed by atoms with Crippen molar-refractivity contribution in [1.29, 1.82) is 0 Å². The van der Waals surface area contributed by atoms with Gasteiger partial charge in [-0.1, -0.05) is 12.1 Å². The molecule has 0 aromatic heterocycles. The molecule has 0 unspecified atom stereocenters. The predicted molar refractivity (Wildman–Crippen MR) is 102 cm³/mol. The minimum atomic E-state index is 0.636. The van der Waals surface area contributed by atoms with Crippen molar-refractivity contribution in [2.75, 3.05) is 66.1 Å². The van der Waals surface area contributed by atoms with E-state index >= 15 is 0 Å². The molecule has 0 spiro atoms. The molecule has 25 heavy (non-hydrogen) atoms. The summed E-state index contributed by atoms with van der Waals surface area (Å²) in [6.07, 6.45) is 0.923. The van der Waals surface area contributed by atoms with Crippen LogP contribution in [0.15, 0.2) is 29.3 Å². The van der Waals surface area contributed by atoms with E-state index in [1.807, 2.05) is 0 Å². The second kappa shape index (κ2) is 14.5. The summed E-state index contributed by atoms with van der Waals surface area (Å²) in [6, 6.07) is 8.33. The zero-order valence-electron chi connectivity index (χ0n) is 15.6. The number of hydrogen-bond acceptors (Lipinski definition) is 5. The highest BCUT2D eigenvalue weighted by molar-refractivity contribution is 5.79. The Hall–Kier alpha value is -1.83. The molecule has 0 atom stereocenters. The van der Waals surface area contributed by atoms with E-state index in [0.29, 0.717) is 26.4 Å². The van der Waals surface area contributed by atoms with Crippen LogP contribution in [0.5, 0.6) is 0 Å². The smallest absolute Gasteiger partial charge is 0.191 e. The van der Waals surface area contributed by atoms with Crippen molar-refractivity contribution in [3.05, 3.63) is 29.8 Å². The maximum Gasteiger partial charge on any atom is 0.191 e. The Morgan fingerprint density at radius 2 is 1.68 bits per heavy atom. The molecule has 0 aliphatic heterocycles. The van der Waals surface area contributed by atoms with Gasteiger partial charge in [0, 0.05) is 53.2 Å². The van der Waals surface area contributed by atoms with E-state index < -0.39 is 0 Å². The summed E-state index contributed by atoms with van der Waals surface area (Å²) in [5.74, 6) is 0.791. The summed E-state index contributed by atoms with van der Waals surface area (Å²) in [7, 11) is 5.14. The molecule has 0 saturated carbocycles. The second-order valence-corrected chi connectivity index (χ2v) is 5.43. The molecule has 0 amide bonds. The topological polar surface area (TPSA) is 76.1 Å². The molecule has 0 saturated heterocycles. The van der Waals surface area contributed by atoms with Gasteiger partial charge in [-0.25, -0.2) is 0 Å². The van der Waals surface area contributed by atoms with Gasteiger partial charge in [-0.05, 0) is 24.1 Å². The van der Waals surface area contributed by atoms with E-state index in [1.165, 1.54) is 5.56 Å². The summed E-state index contributed by atoms with van der Waals surface area (Å²) >= 11 is 0. The zero-order valence-corrected chi connectivity index (χ0v) is 15.6. The molecule has 0 aliphatic carbocycles. The van der Waals surface area contributed by atoms with Crippen molar-refractivity contribution in [2.24, 2.45) is 4.99 Å². The molecule has 0 aliphatic rings. The van der Waals surface area contributed by atoms with Gasteiger partial charge < -0.3 is 30.2 Å². The SMILES string of the molecule is CN=C(NCCCOCCOC)NCc1ccc(NCCOC)cc1. The molecule has 0 bridgehead atoms. The molecule has 7 nitrogen and oxygen atoms in total. The van der Waals surface area contributed by atoms with Crippen molar-refractivity contribution < 1.29 is 14.2 Å². The summed E-state index contributed by atoms with van der Waals surface area (Å²) in [5, 5.41) is 9.88. The third kappa shape index (κ3) is 10.6. The van der Waals surface area contributed by atoms with Gasteiger partial charge in [-0.3, -0.25) is 4.99 Å². The van der Waals surface area contributed by atoms with Crippen molar-refractivity contribution in [3.63, 3.8) is 0 Å². The van der Waals surface area contributed by atoms with Crippen LogP contribution in [0.25, 0.3) is 0 Å². The van der Waals surface area contributed by atoms with E-state index in [1.54, 1.807) is 21.3 Å². The highest BCUT2D eigenvalue weighted by Gasteiger charge is 1.99. The number of nitrogens with one attached hydrogen (secondary N) is 3. The van der Waals surface area contributed by atoms with Crippen LogP contribution in [0.1, 0.15) is 12.0 Å². The number of ether oxygens (including phenoxy) is 3. The van der Waals surface area contributed by atoms with E-state index in [9.17, 15) is 0 Å². The van der Waals surface area contributed by atoms with Gasteiger partial charge in [0.1, 0.15) is 0 Å². The molecule has 1 rings (SSSR count). The number of anilines is 1. The van der Waals surface area contributed by atoms with Crippen LogP contribution in [-0.2, 0) is 20.8 Å². The van der Waals surface area contributed by atoms with Crippen LogP contribution in [-0.4, -0.2) is 66.7 Å². The van der Waals surface area contributed by atoms with E-state index in [-0.39, 0.29) is 0 Å². The van der Waals surface area contributed by atoms with Crippen molar-refractivity contribution in [2.45, 2.75) is 13.0 Å². The normalized spacial score (nSPS) is 11.4. The maximum atomic E-state index is 5.43. The lowest BCUT2D eigenvalue weighted by molar-refractivity contribution is 0.0698. The lowest BCUT2D eigenvalue weighted by Gasteiger charge is -2.12. The number of methoxy groups -OCH3 is 2. The summed E-state index contributed by atoms with van der Waals surface area (Å²) in [6.45, 7) is 5.03. The van der Waals surface area contributed by atoms with E-state index in [2.05, 4.69) is 45.2 Å². The monoisotopic (exact) mass is 352 g/mol. The van der Waals surface area contributed by atoms with Crippen LogP contribution in [0.2, 0.25) is 0 Å². The highest BCUT2D eigenvalue weighted by atomic mass is 16.5. The van der Waals surface area contributed by atoms with Gasteiger partial charge in [0.2, 0.25) is 0 Å². The quantitative estimate of drug-likeness (QED) is 0.283. The first-order valence-electron chi connectivity index (χ1n) is 8.63. The van der Waals surface area contributed by atoms with Crippen LogP contribution in [0.3, 0.4) is 0 Å². The van der Waals surface area contributed by atoms with Gasteiger partial charge in [0.15, 0.2) is 5.96 Å². The molecule has 3 N–H and O–H groups in total. The molecule has 142 valence electrons. The van der Waals surface area contributed by atoms with Gasteiger partial charge in [-0.15, -0.1) is 0 Å². The average Bonchev–Trinajstić information content (AvgIpc) is 2.64. The molecule has 7 heteroatoms. The van der Waals surface area contributed by atoms with Crippen molar-refractivity contribution in [1.82, 2.24) is 10.6 Å². The van der Waals surface area contributed by atoms with Crippen LogP contribution in [0.4, 0.5) is 5.69 Å². The number of rotatable bonds is 13. The summed E-state index contributed by atoms with van der Waals surface area (Å²) < 4.78 is 15.4. The van der Waals surface area contributed by atoms with Crippen molar-refractivity contribution >= 4 is 11.6 Å². The summed E-state index contributed by atoms with van der Waals surface area (Å²) in [4.78, 5) is 4.23. The number of guanidine groups is 1. The third-order valence-corrected chi connectivity index (χ3v) is 3.46. The second-order valence-electron chi connectivity index (χ2n) is 5.43. The van der Waals surface area contributed by atoms with E-state index in [4.69, 9.17) is 14.2 Å². The molecule has 1 aromatic rings. The summed E-state index contributed by atoms with van der Waals surface area (Å²) in [5.41, 5.74) is 2.29. The Balaban J connectivity index is 2.19. The van der Waals surface area contributed by atoms with Crippen LogP contribution in [0, 0.1) is 0 Å². The third-order valence-electron chi connectivity index (χ3n) is 3.46. The van der Waals surface area contributed by atoms with Crippen LogP contribution < -0.4 is 16.0 Å². The number of aliphatic imine (C=N–C) groups is 1. The largest absolute Gasteiger partial charge is 0.383 e. The average molecular weight is 352 g/mol. The fraction of sp³-hybridized carbons (Fsp3) is 0.611. The minimum absolute atomic E-state index is 0.636. The Morgan fingerprint density at radius 3 is 2.36 bits per heavy atom. The zero-order chi connectivity index (χ0) is 18.2. The Labute approximate surface area is 151 Å². The van der Waals surface area contributed by atoms with Gasteiger partial charge in [0.05, 0.1) is 19.8 Å².